The minimum absolute atomic E-state index is 0.0332. The summed E-state index contributed by atoms with van der Waals surface area (Å²) in [6.07, 6.45) is 3.54. The zero-order valence-electron chi connectivity index (χ0n) is 11.5. The fourth-order valence-corrected chi connectivity index (χ4v) is 3.05. The van der Waals surface area contributed by atoms with Gasteiger partial charge in [-0.15, -0.1) is 0 Å². The van der Waals surface area contributed by atoms with Crippen LogP contribution < -0.4 is 4.74 Å². The fraction of sp³-hybridized carbons (Fsp3) is 0.133. The molecule has 3 rings (SSSR count). The lowest BCUT2D eigenvalue weighted by atomic mass is 10.3. The number of hydrogen-bond acceptors (Lipinski definition) is 3. The molecule has 114 valence electrons. The normalized spacial score (nSPS) is 11.1. The SMILES string of the molecule is CCSc1ncc2cc(Oc3ccc(F)cc3F)c(Br)cn12. The summed E-state index contributed by atoms with van der Waals surface area (Å²) < 4.78 is 34.7. The van der Waals surface area contributed by atoms with E-state index in [2.05, 4.69) is 27.8 Å². The van der Waals surface area contributed by atoms with Gasteiger partial charge in [0.2, 0.25) is 0 Å². The number of thioether (sulfide) groups is 1. The van der Waals surface area contributed by atoms with Crippen molar-refractivity contribution in [3.8, 4) is 11.5 Å². The Morgan fingerprint density at radius 1 is 1.27 bits per heavy atom. The molecule has 3 aromatic rings. The van der Waals surface area contributed by atoms with Gasteiger partial charge in [0.25, 0.3) is 0 Å². The number of halogens is 3. The Bertz CT molecular complexity index is 838. The quantitative estimate of drug-likeness (QED) is 0.572. The molecule has 22 heavy (non-hydrogen) atoms. The zero-order chi connectivity index (χ0) is 15.7. The monoisotopic (exact) mass is 384 g/mol. The van der Waals surface area contributed by atoms with Gasteiger partial charge < -0.3 is 4.74 Å². The van der Waals surface area contributed by atoms with Crippen molar-refractivity contribution in [1.29, 1.82) is 0 Å². The van der Waals surface area contributed by atoms with Gasteiger partial charge in [0.1, 0.15) is 11.6 Å². The van der Waals surface area contributed by atoms with E-state index in [4.69, 9.17) is 4.74 Å². The van der Waals surface area contributed by atoms with Crippen molar-refractivity contribution < 1.29 is 13.5 Å². The summed E-state index contributed by atoms with van der Waals surface area (Å²) in [5.41, 5.74) is 0.830. The van der Waals surface area contributed by atoms with Crippen molar-refractivity contribution in [2.24, 2.45) is 0 Å². The lowest BCUT2D eigenvalue weighted by Gasteiger charge is -2.10. The second kappa shape index (κ2) is 6.26. The molecule has 0 aliphatic rings. The van der Waals surface area contributed by atoms with E-state index >= 15 is 0 Å². The molecule has 0 radical (unpaired) electrons. The molecule has 7 heteroatoms. The first-order chi connectivity index (χ1) is 10.6. The molecular weight excluding hydrogens is 374 g/mol. The third-order valence-corrected chi connectivity index (χ3v) is 4.38. The second-order valence-corrected chi connectivity index (χ2v) is 6.52. The Morgan fingerprint density at radius 2 is 2.09 bits per heavy atom. The van der Waals surface area contributed by atoms with Crippen LogP contribution >= 0.6 is 27.7 Å². The first-order valence-corrected chi connectivity index (χ1v) is 8.28. The Kier molecular flexibility index (Phi) is 4.35. The molecule has 3 nitrogen and oxygen atoms in total. The van der Waals surface area contributed by atoms with Crippen LogP contribution in [0.4, 0.5) is 8.78 Å². The topological polar surface area (TPSA) is 26.5 Å². The van der Waals surface area contributed by atoms with Gasteiger partial charge in [-0.2, -0.15) is 0 Å². The summed E-state index contributed by atoms with van der Waals surface area (Å²) in [4.78, 5) is 4.33. The Morgan fingerprint density at radius 3 is 2.82 bits per heavy atom. The maximum absolute atomic E-state index is 13.7. The highest BCUT2D eigenvalue weighted by molar-refractivity contribution is 9.10. The number of rotatable bonds is 4. The molecule has 2 aromatic heterocycles. The van der Waals surface area contributed by atoms with Crippen LogP contribution in [0.3, 0.4) is 0 Å². The van der Waals surface area contributed by atoms with E-state index in [0.717, 1.165) is 28.6 Å². The fourth-order valence-electron chi connectivity index (χ4n) is 1.96. The third-order valence-electron chi connectivity index (χ3n) is 2.94. The van der Waals surface area contributed by atoms with Crippen molar-refractivity contribution in [2.45, 2.75) is 12.1 Å². The standard InChI is InChI=1S/C15H11BrF2N2OS/c1-2-22-15-19-7-10-6-14(11(16)8-20(10)15)21-13-4-3-9(17)5-12(13)18/h3-8H,2H2,1H3. The predicted octanol–water partition coefficient (Wildman–Crippen LogP) is 5.28. The molecule has 0 atom stereocenters. The zero-order valence-corrected chi connectivity index (χ0v) is 13.9. The van der Waals surface area contributed by atoms with Gasteiger partial charge in [-0.05, 0) is 33.8 Å². The third kappa shape index (κ3) is 2.96. The van der Waals surface area contributed by atoms with E-state index in [-0.39, 0.29) is 5.75 Å². The van der Waals surface area contributed by atoms with Crippen molar-refractivity contribution in [3.05, 3.63) is 52.8 Å². The van der Waals surface area contributed by atoms with E-state index in [1.54, 1.807) is 24.0 Å². The van der Waals surface area contributed by atoms with Crippen LogP contribution in [0.5, 0.6) is 11.5 Å². The van der Waals surface area contributed by atoms with Crippen LogP contribution in [0, 0.1) is 11.6 Å². The van der Waals surface area contributed by atoms with E-state index < -0.39 is 11.6 Å². The summed E-state index contributed by atoms with van der Waals surface area (Å²) in [5, 5.41) is 0.873. The van der Waals surface area contributed by atoms with Crippen LogP contribution in [0.1, 0.15) is 6.92 Å². The van der Waals surface area contributed by atoms with Crippen molar-refractivity contribution >= 4 is 33.2 Å². The molecule has 0 spiro atoms. The largest absolute Gasteiger partial charge is 0.453 e. The first kappa shape index (κ1) is 15.3. The number of fused-ring (bicyclic) bond motifs is 1. The summed E-state index contributed by atoms with van der Waals surface area (Å²) >= 11 is 5.03. The average molecular weight is 385 g/mol. The minimum atomic E-state index is -0.748. The molecule has 2 heterocycles. The lowest BCUT2D eigenvalue weighted by molar-refractivity contribution is 0.435. The Labute approximate surface area is 138 Å². The maximum atomic E-state index is 13.7. The maximum Gasteiger partial charge on any atom is 0.172 e. The van der Waals surface area contributed by atoms with E-state index in [1.165, 1.54) is 6.07 Å². The molecule has 1 aromatic carbocycles. The van der Waals surface area contributed by atoms with E-state index in [1.807, 2.05) is 10.6 Å². The summed E-state index contributed by atoms with van der Waals surface area (Å²) in [7, 11) is 0. The van der Waals surface area contributed by atoms with Gasteiger partial charge in [0, 0.05) is 18.3 Å². The average Bonchev–Trinajstić information content (AvgIpc) is 2.85. The van der Waals surface area contributed by atoms with Crippen molar-refractivity contribution in [3.63, 3.8) is 0 Å². The van der Waals surface area contributed by atoms with Crippen LogP contribution in [0.25, 0.3) is 5.52 Å². The molecule has 0 saturated carbocycles. The number of pyridine rings is 1. The molecule has 0 aliphatic carbocycles. The first-order valence-electron chi connectivity index (χ1n) is 6.51. The number of aromatic nitrogens is 2. The molecular formula is C15H11BrF2N2OS. The molecule has 0 amide bonds. The lowest BCUT2D eigenvalue weighted by Crippen LogP contribution is -1.93. The summed E-state index contributed by atoms with van der Waals surface area (Å²) in [6, 6.07) is 4.95. The van der Waals surface area contributed by atoms with E-state index in [0.29, 0.717) is 10.2 Å². The van der Waals surface area contributed by atoms with Crippen molar-refractivity contribution in [1.82, 2.24) is 9.38 Å². The molecule has 0 aliphatic heterocycles. The van der Waals surface area contributed by atoms with Gasteiger partial charge >= 0.3 is 0 Å². The summed E-state index contributed by atoms with van der Waals surface area (Å²) in [6.45, 7) is 2.05. The van der Waals surface area contributed by atoms with Crippen LogP contribution in [0.15, 0.2) is 46.3 Å². The van der Waals surface area contributed by atoms with E-state index in [9.17, 15) is 8.78 Å². The number of imidazole rings is 1. The molecule has 0 bridgehead atoms. The number of hydrogen-bond donors (Lipinski definition) is 0. The van der Waals surface area contributed by atoms with Gasteiger partial charge in [-0.25, -0.2) is 13.8 Å². The van der Waals surface area contributed by atoms with Gasteiger partial charge in [-0.1, -0.05) is 18.7 Å². The molecule has 0 fully saturated rings. The second-order valence-electron chi connectivity index (χ2n) is 4.43. The van der Waals surface area contributed by atoms with Gasteiger partial charge in [0.15, 0.2) is 16.7 Å². The number of benzene rings is 1. The van der Waals surface area contributed by atoms with Crippen molar-refractivity contribution in [2.75, 3.05) is 5.75 Å². The molecule has 0 saturated heterocycles. The highest BCUT2D eigenvalue weighted by atomic mass is 79.9. The highest BCUT2D eigenvalue weighted by Crippen LogP contribution is 2.33. The molecule has 0 unspecified atom stereocenters. The smallest absolute Gasteiger partial charge is 0.172 e. The van der Waals surface area contributed by atoms with Crippen LogP contribution in [-0.2, 0) is 0 Å². The molecule has 0 N–H and O–H groups in total. The Hall–Kier alpha value is -1.60. The van der Waals surface area contributed by atoms with Gasteiger partial charge in [-0.3, -0.25) is 4.40 Å². The minimum Gasteiger partial charge on any atom is -0.453 e. The Balaban J connectivity index is 1.99. The van der Waals surface area contributed by atoms with Gasteiger partial charge in [0.05, 0.1) is 16.2 Å². The van der Waals surface area contributed by atoms with Crippen LogP contribution in [-0.4, -0.2) is 15.1 Å². The summed E-state index contributed by atoms with van der Waals surface area (Å²) in [5.74, 6) is -0.0746. The number of nitrogens with zero attached hydrogens (tertiary/aromatic N) is 2. The number of ether oxygens (including phenoxy) is 1. The highest BCUT2D eigenvalue weighted by Gasteiger charge is 2.12. The predicted molar refractivity (Wildman–Crippen MR) is 85.7 cm³/mol. The van der Waals surface area contributed by atoms with Crippen LogP contribution in [0.2, 0.25) is 0 Å².